The summed E-state index contributed by atoms with van der Waals surface area (Å²) in [4.78, 5) is 33.4. The molecule has 0 aromatic carbocycles. The molecular formula is C21H14Cl2F4N6O3. The van der Waals surface area contributed by atoms with Crippen molar-refractivity contribution < 1.29 is 27.5 Å². The monoisotopic (exact) mass is 544 g/mol. The van der Waals surface area contributed by atoms with E-state index in [0.29, 0.717) is 0 Å². The molecule has 1 atom stereocenters. The number of anilines is 2. The van der Waals surface area contributed by atoms with Gasteiger partial charge in [-0.25, -0.2) is 32.3 Å². The predicted octanol–water partition coefficient (Wildman–Crippen LogP) is 4.23. The number of halogens is 6. The third-order valence-electron chi connectivity index (χ3n) is 5.44. The minimum atomic E-state index is -3.20. The molecule has 4 rings (SSSR count). The van der Waals surface area contributed by atoms with Gasteiger partial charge in [0.05, 0.1) is 17.3 Å². The summed E-state index contributed by atoms with van der Waals surface area (Å²) >= 11 is 11.8. The highest BCUT2D eigenvalue weighted by Crippen LogP contribution is 2.34. The first-order valence-corrected chi connectivity index (χ1v) is 10.9. The van der Waals surface area contributed by atoms with Gasteiger partial charge < -0.3 is 15.3 Å². The zero-order chi connectivity index (χ0) is 26.4. The fourth-order valence-electron chi connectivity index (χ4n) is 3.85. The molecule has 1 aliphatic rings. The average molecular weight is 545 g/mol. The first-order valence-electron chi connectivity index (χ1n) is 10.1. The lowest BCUT2D eigenvalue weighted by Crippen LogP contribution is -2.31. The van der Waals surface area contributed by atoms with Crippen molar-refractivity contribution in [3.8, 4) is 6.07 Å². The summed E-state index contributed by atoms with van der Waals surface area (Å²) < 4.78 is 57.1. The van der Waals surface area contributed by atoms with Crippen molar-refractivity contribution in [2.45, 2.75) is 24.8 Å². The lowest BCUT2D eigenvalue weighted by atomic mass is 10.1. The van der Waals surface area contributed by atoms with Crippen LogP contribution in [-0.2, 0) is 0 Å². The number of pyridine rings is 2. The molecule has 1 aliphatic heterocycles. The smallest absolute Gasteiger partial charge is 0.356 e. The van der Waals surface area contributed by atoms with E-state index >= 15 is 0 Å². The highest BCUT2D eigenvalue weighted by Gasteiger charge is 2.40. The zero-order valence-corrected chi connectivity index (χ0v) is 19.4. The van der Waals surface area contributed by atoms with Crippen molar-refractivity contribution in [2.75, 3.05) is 23.3 Å². The van der Waals surface area contributed by atoms with Crippen molar-refractivity contribution in [1.29, 1.82) is 5.26 Å². The Hall–Kier alpha value is -3.63. The second-order valence-electron chi connectivity index (χ2n) is 7.85. The maximum atomic E-state index is 14.3. The second kappa shape index (κ2) is 9.44. The lowest BCUT2D eigenvalue weighted by molar-refractivity contribution is 0.0256. The Morgan fingerprint density at radius 3 is 2.58 bits per heavy atom. The van der Waals surface area contributed by atoms with Gasteiger partial charge in [-0.15, -0.1) is 0 Å². The van der Waals surface area contributed by atoms with E-state index < -0.39 is 54.1 Å². The lowest BCUT2D eigenvalue weighted by Gasteiger charge is -2.23. The van der Waals surface area contributed by atoms with Gasteiger partial charge >= 0.3 is 5.97 Å². The highest BCUT2D eigenvalue weighted by atomic mass is 35.5. The number of hydrogen-bond donors (Lipinski definition) is 2. The van der Waals surface area contributed by atoms with Gasteiger partial charge in [0.2, 0.25) is 0 Å². The number of rotatable bonds is 6. The van der Waals surface area contributed by atoms with Gasteiger partial charge in [0.1, 0.15) is 22.9 Å². The minimum Gasteiger partial charge on any atom is -0.476 e. The molecule has 2 N–H and O–H groups in total. The number of fused-ring (bicyclic) bond motifs is 1. The normalized spacial score (nSPS) is 15.8. The Labute approximate surface area is 209 Å². The molecule has 36 heavy (non-hydrogen) atoms. The highest BCUT2D eigenvalue weighted by molar-refractivity contribution is 6.30. The zero-order valence-electron chi connectivity index (χ0n) is 17.9. The summed E-state index contributed by atoms with van der Waals surface area (Å²) in [5.74, 6) is -5.02. The standard InChI is InChI=1S/C21H14Cl2F4N6O3/c22-9-5-10(14(16(24)25)29-12-1-2-13(23)30-15(12)20(35)36)18-31-17(32-4-3-21(26,27)8-32)11(6-28)19(34)33(18)7-9/h1-2,5,7,14,16,29H,3-4,8H2,(H,35,36)/t14-/m0/s1. The fraction of sp³-hybridized carbons (Fsp3) is 0.286. The number of alkyl halides is 4. The maximum Gasteiger partial charge on any atom is 0.356 e. The molecular weight excluding hydrogens is 531 g/mol. The summed E-state index contributed by atoms with van der Waals surface area (Å²) in [6.45, 7) is -1.04. The first kappa shape index (κ1) is 25.5. The molecule has 15 heteroatoms. The molecule has 3 aromatic heterocycles. The third kappa shape index (κ3) is 4.74. The van der Waals surface area contributed by atoms with Crippen molar-refractivity contribution >= 4 is 46.3 Å². The Bertz CT molecular complexity index is 1480. The number of carboxylic acids is 1. The van der Waals surface area contributed by atoms with Crippen LogP contribution in [0.4, 0.5) is 29.1 Å². The van der Waals surface area contributed by atoms with Crippen molar-refractivity contribution in [2.24, 2.45) is 0 Å². The van der Waals surface area contributed by atoms with Crippen LogP contribution < -0.4 is 15.8 Å². The second-order valence-corrected chi connectivity index (χ2v) is 8.68. The first-order chi connectivity index (χ1) is 16.9. The Morgan fingerprint density at radius 2 is 2.00 bits per heavy atom. The molecule has 188 valence electrons. The molecule has 0 bridgehead atoms. The van der Waals surface area contributed by atoms with Crippen LogP contribution in [0.15, 0.2) is 29.2 Å². The molecule has 0 amide bonds. The number of aromatic nitrogens is 3. The summed E-state index contributed by atoms with van der Waals surface area (Å²) in [5.41, 5.74) is -3.25. The van der Waals surface area contributed by atoms with Crippen molar-refractivity contribution in [3.63, 3.8) is 0 Å². The van der Waals surface area contributed by atoms with E-state index in [0.717, 1.165) is 27.6 Å². The molecule has 1 saturated heterocycles. The number of nitriles is 1. The van der Waals surface area contributed by atoms with E-state index in [1.165, 1.54) is 6.07 Å². The van der Waals surface area contributed by atoms with Crippen LogP contribution in [-0.4, -0.2) is 50.9 Å². The Balaban J connectivity index is 1.93. The van der Waals surface area contributed by atoms with E-state index in [2.05, 4.69) is 15.3 Å². The van der Waals surface area contributed by atoms with Gasteiger partial charge in [0.25, 0.3) is 17.9 Å². The number of carbonyl (C=O) groups is 1. The minimum absolute atomic E-state index is 0.175. The summed E-state index contributed by atoms with van der Waals surface area (Å²) in [7, 11) is 0. The Morgan fingerprint density at radius 1 is 1.28 bits per heavy atom. The fourth-order valence-corrected chi connectivity index (χ4v) is 4.21. The van der Waals surface area contributed by atoms with Crippen LogP contribution in [0.3, 0.4) is 0 Å². The van der Waals surface area contributed by atoms with Crippen LogP contribution in [0, 0.1) is 11.3 Å². The maximum absolute atomic E-state index is 14.3. The Kier molecular flexibility index (Phi) is 6.68. The van der Waals surface area contributed by atoms with Crippen molar-refractivity contribution in [3.05, 3.63) is 61.7 Å². The van der Waals surface area contributed by atoms with E-state index in [4.69, 9.17) is 23.2 Å². The van der Waals surface area contributed by atoms with E-state index in [-0.39, 0.29) is 39.4 Å². The number of nitrogens with zero attached hydrogens (tertiary/aromatic N) is 5. The van der Waals surface area contributed by atoms with Crippen LogP contribution in [0.2, 0.25) is 10.2 Å². The molecule has 0 saturated carbocycles. The van der Waals surface area contributed by atoms with Crippen LogP contribution in [0.25, 0.3) is 5.65 Å². The van der Waals surface area contributed by atoms with E-state index in [1.54, 1.807) is 6.07 Å². The van der Waals surface area contributed by atoms with Crippen molar-refractivity contribution in [1.82, 2.24) is 14.4 Å². The van der Waals surface area contributed by atoms with Gasteiger partial charge in [-0.2, -0.15) is 5.26 Å². The predicted molar refractivity (Wildman–Crippen MR) is 122 cm³/mol. The summed E-state index contributed by atoms with van der Waals surface area (Å²) in [6, 6.07) is 3.05. The van der Waals surface area contributed by atoms with Gasteiger partial charge in [0, 0.05) is 24.7 Å². The number of hydrogen-bond acceptors (Lipinski definition) is 7. The SMILES string of the molecule is N#Cc1c(N2CCC(F)(F)C2)nc2c([C@H](Nc3ccc(Cl)nc3C(=O)O)C(F)F)cc(Cl)cn2c1=O. The average Bonchev–Trinajstić information content (AvgIpc) is 3.17. The van der Waals surface area contributed by atoms with E-state index in [1.807, 2.05) is 0 Å². The molecule has 0 unspecified atom stereocenters. The van der Waals surface area contributed by atoms with E-state index in [9.17, 15) is 37.5 Å². The summed E-state index contributed by atoms with van der Waals surface area (Å²) in [5, 5.41) is 20.9. The molecule has 9 nitrogen and oxygen atoms in total. The van der Waals surface area contributed by atoms with Crippen LogP contribution in [0.1, 0.15) is 34.1 Å². The number of nitrogens with one attached hydrogen (secondary N) is 1. The third-order valence-corrected chi connectivity index (χ3v) is 5.86. The van der Waals surface area contributed by atoms with Gasteiger partial charge in [-0.1, -0.05) is 23.2 Å². The molecule has 0 aliphatic carbocycles. The summed E-state index contributed by atoms with van der Waals surface area (Å²) in [6.07, 6.45) is -2.69. The quantitative estimate of drug-likeness (QED) is 0.349. The van der Waals surface area contributed by atoms with Gasteiger partial charge in [-0.05, 0) is 18.2 Å². The van der Waals surface area contributed by atoms with Crippen LogP contribution >= 0.6 is 23.2 Å². The molecule has 0 spiro atoms. The molecule has 0 radical (unpaired) electrons. The number of carboxylic acid groups (broad SMARTS) is 1. The van der Waals surface area contributed by atoms with Gasteiger partial charge in [-0.3, -0.25) is 9.20 Å². The van der Waals surface area contributed by atoms with Crippen LogP contribution in [0.5, 0.6) is 0 Å². The largest absolute Gasteiger partial charge is 0.476 e. The van der Waals surface area contributed by atoms with Gasteiger partial charge in [0.15, 0.2) is 17.1 Å². The molecule has 4 heterocycles. The number of aromatic carboxylic acids is 1. The molecule has 3 aromatic rings. The molecule has 1 fully saturated rings. The topological polar surface area (TPSA) is 124 Å².